The van der Waals surface area contributed by atoms with Crippen LogP contribution in [0.15, 0.2) is 54.6 Å². The maximum absolute atomic E-state index is 12.6. The monoisotopic (exact) mass is 413 g/mol. The summed E-state index contributed by atoms with van der Waals surface area (Å²) < 4.78 is 23.4. The number of morpholine rings is 1. The first-order valence-corrected chi connectivity index (χ1v) is 10.3. The smallest absolute Gasteiger partial charge is 0.410 e. The predicted molar refractivity (Wildman–Crippen MR) is 115 cm³/mol. The molecule has 2 aromatic carbocycles. The van der Waals surface area contributed by atoms with Crippen LogP contribution in [0.1, 0.15) is 38.0 Å². The van der Waals surface area contributed by atoms with Crippen LogP contribution < -0.4 is 4.74 Å². The fourth-order valence-corrected chi connectivity index (χ4v) is 3.38. The van der Waals surface area contributed by atoms with E-state index in [1.807, 2.05) is 75.4 Å². The van der Waals surface area contributed by atoms with Gasteiger partial charge in [0.2, 0.25) is 0 Å². The second-order valence-corrected chi connectivity index (χ2v) is 8.33. The van der Waals surface area contributed by atoms with Crippen LogP contribution in [0.3, 0.4) is 0 Å². The summed E-state index contributed by atoms with van der Waals surface area (Å²) in [5.41, 5.74) is 1.40. The highest BCUT2D eigenvalue weighted by Gasteiger charge is 2.34. The average Bonchev–Trinajstić information content (AvgIpc) is 2.73. The quantitative estimate of drug-likeness (QED) is 0.693. The van der Waals surface area contributed by atoms with E-state index in [9.17, 15) is 4.79 Å². The third kappa shape index (κ3) is 5.97. The van der Waals surface area contributed by atoms with E-state index in [1.54, 1.807) is 12.0 Å². The van der Waals surface area contributed by atoms with E-state index in [2.05, 4.69) is 0 Å². The molecule has 0 bridgehead atoms. The molecule has 0 N–H and O–H groups in total. The highest BCUT2D eigenvalue weighted by atomic mass is 16.6. The van der Waals surface area contributed by atoms with Crippen LogP contribution in [0.5, 0.6) is 5.75 Å². The molecule has 0 aromatic heterocycles. The summed E-state index contributed by atoms with van der Waals surface area (Å²) in [6.45, 7) is 7.36. The Balaban J connectivity index is 1.83. The van der Waals surface area contributed by atoms with Crippen molar-refractivity contribution >= 4 is 6.09 Å². The molecule has 0 saturated carbocycles. The van der Waals surface area contributed by atoms with Gasteiger partial charge in [0, 0.05) is 19.2 Å². The van der Waals surface area contributed by atoms with Crippen molar-refractivity contribution in [3.05, 3.63) is 65.7 Å². The van der Waals surface area contributed by atoms with Crippen molar-refractivity contribution in [2.75, 3.05) is 26.8 Å². The summed E-state index contributed by atoms with van der Waals surface area (Å²) in [7, 11) is 1.66. The standard InChI is InChI=1S/C24H31NO5/c1-24(2,3)30-23(26)25-14-15-28-21(16-25)22(18-10-6-5-7-11-18)29-20-13-9-8-12-19(20)17-27-4/h5-13,21-22H,14-17H2,1-4H3/t21-,22?/m0/s1. The Labute approximate surface area is 178 Å². The first kappa shape index (κ1) is 22.1. The van der Waals surface area contributed by atoms with E-state index in [1.165, 1.54) is 0 Å². The summed E-state index contributed by atoms with van der Waals surface area (Å²) >= 11 is 0. The number of ether oxygens (including phenoxy) is 4. The molecule has 1 heterocycles. The molecule has 1 fully saturated rings. The fourth-order valence-electron chi connectivity index (χ4n) is 3.38. The van der Waals surface area contributed by atoms with Crippen LogP contribution in [0, 0.1) is 0 Å². The number of rotatable bonds is 6. The van der Waals surface area contributed by atoms with Gasteiger partial charge in [0.25, 0.3) is 0 Å². The summed E-state index contributed by atoms with van der Waals surface area (Å²) in [5, 5.41) is 0. The van der Waals surface area contributed by atoms with Gasteiger partial charge in [-0.15, -0.1) is 0 Å². The third-order valence-electron chi connectivity index (χ3n) is 4.74. The Morgan fingerprint density at radius 1 is 1.13 bits per heavy atom. The van der Waals surface area contributed by atoms with Gasteiger partial charge in [-0.05, 0) is 32.4 Å². The number of hydrogen-bond acceptors (Lipinski definition) is 5. The average molecular weight is 414 g/mol. The number of benzene rings is 2. The van der Waals surface area contributed by atoms with Gasteiger partial charge in [-0.1, -0.05) is 48.5 Å². The summed E-state index contributed by atoms with van der Waals surface area (Å²) in [6.07, 6.45) is -1.04. The zero-order valence-electron chi connectivity index (χ0n) is 18.2. The summed E-state index contributed by atoms with van der Waals surface area (Å²) in [4.78, 5) is 14.3. The van der Waals surface area contributed by atoms with Crippen LogP contribution in [0.25, 0.3) is 0 Å². The summed E-state index contributed by atoms with van der Waals surface area (Å²) in [6, 6.07) is 17.7. The van der Waals surface area contributed by atoms with Gasteiger partial charge in [0.05, 0.1) is 19.8 Å². The first-order valence-electron chi connectivity index (χ1n) is 10.3. The number of para-hydroxylation sites is 1. The minimum atomic E-state index is -0.542. The van der Waals surface area contributed by atoms with Crippen molar-refractivity contribution in [2.45, 2.75) is 45.2 Å². The van der Waals surface area contributed by atoms with Crippen molar-refractivity contribution in [2.24, 2.45) is 0 Å². The van der Waals surface area contributed by atoms with Gasteiger partial charge in [0.15, 0.2) is 6.10 Å². The second-order valence-electron chi connectivity index (χ2n) is 8.33. The van der Waals surface area contributed by atoms with E-state index < -0.39 is 5.60 Å². The van der Waals surface area contributed by atoms with Gasteiger partial charge in [-0.25, -0.2) is 4.79 Å². The topological polar surface area (TPSA) is 57.2 Å². The molecule has 0 radical (unpaired) electrons. The number of methoxy groups -OCH3 is 1. The lowest BCUT2D eigenvalue weighted by Crippen LogP contribution is -2.50. The van der Waals surface area contributed by atoms with Gasteiger partial charge >= 0.3 is 6.09 Å². The van der Waals surface area contributed by atoms with E-state index in [0.29, 0.717) is 26.3 Å². The van der Waals surface area contributed by atoms with Crippen molar-refractivity contribution in [1.29, 1.82) is 0 Å². The molecule has 0 aliphatic carbocycles. The molecule has 30 heavy (non-hydrogen) atoms. The molecule has 6 nitrogen and oxygen atoms in total. The molecule has 1 aliphatic rings. The molecule has 1 aliphatic heterocycles. The normalized spacial score (nSPS) is 18.0. The van der Waals surface area contributed by atoms with Crippen LogP contribution in [0.4, 0.5) is 4.79 Å². The van der Waals surface area contributed by atoms with Gasteiger partial charge in [0.1, 0.15) is 17.5 Å². The largest absolute Gasteiger partial charge is 0.483 e. The molecular weight excluding hydrogens is 382 g/mol. The Morgan fingerprint density at radius 3 is 2.53 bits per heavy atom. The van der Waals surface area contributed by atoms with Crippen molar-refractivity contribution < 1.29 is 23.7 Å². The van der Waals surface area contributed by atoms with Crippen LogP contribution in [-0.2, 0) is 20.8 Å². The Hall–Kier alpha value is -2.57. The molecule has 6 heteroatoms. The molecular formula is C24H31NO5. The Bertz CT molecular complexity index is 818. The third-order valence-corrected chi connectivity index (χ3v) is 4.74. The number of carbonyl (C=O) groups is 1. The lowest BCUT2D eigenvalue weighted by Gasteiger charge is -2.37. The molecule has 1 saturated heterocycles. The van der Waals surface area contributed by atoms with Gasteiger partial charge in [-0.2, -0.15) is 0 Å². The maximum atomic E-state index is 12.6. The van der Waals surface area contributed by atoms with Crippen molar-refractivity contribution in [1.82, 2.24) is 4.90 Å². The zero-order valence-corrected chi connectivity index (χ0v) is 18.2. The molecule has 1 unspecified atom stereocenters. The molecule has 1 amide bonds. The molecule has 2 atom stereocenters. The van der Waals surface area contributed by atoms with Crippen molar-refractivity contribution in [3.63, 3.8) is 0 Å². The van der Waals surface area contributed by atoms with Crippen LogP contribution >= 0.6 is 0 Å². The van der Waals surface area contributed by atoms with Crippen LogP contribution in [0.2, 0.25) is 0 Å². The zero-order chi connectivity index (χ0) is 21.6. The maximum Gasteiger partial charge on any atom is 0.410 e. The Kier molecular flexibility index (Phi) is 7.34. The Morgan fingerprint density at radius 2 is 1.83 bits per heavy atom. The minimum Gasteiger partial charge on any atom is -0.483 e. The van der Waals surface area contributed by atoms with Crippen molar-refractivity contribution in [3.8, 4) is 5.75 Å². The highest BCUT2D eigenvalue weighted by molar-refractivity contribution is 5.68. The summed E-state index contributed by atoms with van der Waals surface area (Å²) in [5.74, 6) is 0.742. The molecule has 0 spiro atoms. The number of nitrogens with zero attached hydrogens (tertiary/aromatic N) is 1. The second kappa shape index (κ2) is 9.96. The van der Waals surface area contributed by atoms with E-state index in [-0.39, 0.29) is 18.3 Å². The molecule has 3 rings (SSSR count). The fraction of sp³-hybridized carbons (Fsp3) is 0.458. The van der Waals surface area contributed by atoms with Crippen LogP contribution in [-0.4, -0.2) is 49.5 Å². The lowest BCUT2D eigenvalue weighted by atomic mass is 10.0. The number of amides is 1. The molecule has 162 valence electrons. The van der Waals surface area contributed by atoms with E-state index in [4.69, 9.17) is 18.9 Å². The lowest BCUT2D eigenvalue weighted by molar-refractivity contribution is -0.0840. The predicted octanol–water partition coefficient (Wildman–Crippen LogP) is 4.59. The minimum absolute atomic E-state index is 0.329. The van der Waals surface area contributed by atoms with E-state index >= 15 is 0 Å². The number of hydrogen-bond donors (Lipinski definition) is 0. The number of carbonyl (C=O) groups excluding carboxylic acids is 1. The SMILES string of the molecule is COCc1ccccc1OC(c1ccccc1)[C@@H]1CN(C(=O)OC(C)(C)C)CCO1. The molecule has 2 aromatic rings. The van der Waals surface area contributed by atoms with Gasteiger partial charge in [-0.3, -0.25) is 0 Å². The van der Waals surface area contributed by atoms with Gasteiger partial charge < -0.3 is 23.8 Å². The first-order chi connectivity index (χ1) is 14.4. The van der Waals surface area contributed by atoms with E-state index in [0.717, 1.165) is 16.9 Å². The highest BCUT2D eigenvalue weighted by Crippen LogP contribution is 2.31.